The molecule has 2 aliphatic rings. The summed E-state index contributed by atoms with van der Waals surface area (Å²) in [6, 6.07) is 7.70. The quantitative estimate of drug-likeness (QED) is 0.644. The lowest BCUT2D eigenvalue weighted by Crippen LogP contribution is -2.50. The van der Waals surface area contributed by atoms with Crippen LogP contribution in [-0.4, -0.2) is 62.2 Å². The van der Waals surface area contributed by atoms with Crippen LogP contribution in [0.1, 0.15) is 24.8 Å². The predicted molar refractivity (Wildman–Crippen MR) is 107 cm³/mol. The highest BCUT2D eigenvalue weighted by molar-refractivity contribution is 5.66. The van der Waals surface area contributed by atoms with Crippen molar-refractivity contribution in [2.75, 3.05) is 25.1 Å². The summed E-state index contributed by atoms with van der Waals surface area (Å²) in [6.07, 6.45) is 3.64. The fraction of sp³-hybridized carbons (Fsp3) is 0.450. The summed E-state index contributed by atoms with van der Waals surface area (Å²) in [5.74, 6) is 2.00. The molecule has 0 radical (unpaired) electrons. The number of hydrogen-bond donors (Lipinski definition) is 1. The largest absolute Gasteiger partial charge is 0.496 e. The summed E-state index contributed by atoms with van der Waals surface area (Å²) in [6.45, 7) is 1.20. The highest BCUT2D eigenvalue weighted by atomic mass is 16.5. The van der Waals surface area contributed by atoms with Gasteiger partial charge in [0.25, 0.3) is 0 Å². The van der Waals surface area contributed by atoms with Crippen molar-refractivity contribution in [2.45, 2.75) is 37.8 Å². The molecule has 1 aromatic carbocycles. The lowest BCUT2D eigenvalue weighted by Gasteiger charge is -2.44. The van der Waals surface area contributed by atoms with Crippen LogP contribution in [0.5, 0.6) is 11.5 Å². The van der Waals surface area contributed by atoms with Gasteiger partial charge in [0.2, 0.25) is 11.6 Å². The number of carbonyl (C=O) groups is 1. The third-order valence-electron chi connectivity index (χ3n) is 5.91. The molecule has 2 aliphatic heterocycles. The van der Waals surface area contributed by atoms with Crippen LogP contribution in [0.2, 0.25) is 0 Å². The molecule has 0 saturated carbocycles. The summed E-state index contributed by atoms with van der Waals surface area (Å²) in [5, 5.41) is 24.5. The van der Waals surface area contributed by atoms with Crippen molar-refractivity contribution in [2.24, 2.45) is 0 Å². The lowest BCUT2D eigenvalue weighted by atomic mass is 9.83. The van der Waals surface area contributed by atoms with Gasteiger partial charge in [-0.2, -0.15) is 4.80 Å². The molecule has 1 spiro atoms. The normalized spacial score (nSPS) is 17.3. The zero-order valence-electron chi connectivity index (χ0n) is 17.0. The van der Waals surface area contributed by atoms with E-state index in [4.69, 9.17) is 19.1 Å². The van der Waals surface area contributed by atoms with Gasteiger partial charge in [0.15, 0.2) is 12.4 Å². The van der Waals surface area contributed by atoms with Crippen LogP contribution in [0.4, 0.5) is 5.82 Å². The minimum Gasteiger partial charge on any atom is -0.496 e. The molecule has 162 valence electrons. The first-order chi connectivity index (χ1) is 15.0. The van der Waals surface area contributed by atoms with Crippen molar-refractivity contribution in [3.05, 3.63) is 29.8 Å². The second-order valence-electron chi connectivity index (χ2n) is 7.80. The van der Waals surface area contributed by atoms with Gasteiger partial charge in [0.05, 0.1) is 7.11 Å². The van der Waals surface area contributed by atoms with Crippen molar-refractivity contribution in [3.63, 3.8) is 0 Å². The van der Waals surface area contributed by atoms with Crippen molar-refractivity contribution < 1.29 is 23.9 Å². The van der Waals surface area contributed by atoms with Gasteiger partial charge in [-0.25, -0.2) is 0 Å². The molecular weight excluding hydrogens is 404 g/mol. The van der Waals surface area contributed by atoms with Crippen molar-refractivity contribution in [1.82, 2.24) is 25.4 Å². The number of carboxylic acids is 1. The first kappa shape index (κ1) is 19.3. The zero-order valence-corrected chi connectivity index (χ0v) is 17.0. The summed E-state index contributed by atoms with van der Waals surface area (Å²) in [4.78, 5) is 13.9. The molecule has 4 heterocycles. The van der Waals surface area contributed by atoms with Crippen LogP contribution in [0.25, 0.3) is 11.6 Å². The molecule has 1 fully saturated rings. The van der Waals surface area contributed by atoms with E-state index in [0.717, 1.165) is 60.6 Å². The van der Waals surface area contributed by atoms with E-state index in [0.29, 0.717) is 11.6 Å². The van der Waals surface area contributed by atoms with Gasteiger partial charge in [-0.3, -0.25) is 4.79 Å². The Kier molecular flexibility index (Phi) is 4.72. The molecule has 11 nitrogen and oxygen atoms in total. The molecular formula is C20H22N6O5. The van der Waals surface area contributed by atoms with Crippen LogP contribution >= 0.6 is 0 Å². The third kappa shape index (κ3) is 3.66. The zero-order chi connectivity index (χ0) is 21.4. The van der Waals surface area contributed by atoms with Crippen molar-refractivity contribution in [1.29, 1.82) is 0 Å². The molecule has 31 heavy (non-hydrogen) atoms. The van der Waals surface area contributed by atoms with Crippen molar-refractivity contribution in [3.8, 4) is 23.1 Å². The number of carboxylic acid groups (broad SMARTS) is 1. The van der Waals surface area contributed by atoms with Gasteiger partial charge in [0.1, 0.15) is 17.1 Å². The maximum Gasteiger partial charge on any atom is 0.327 e. The maximum absolute atomic E-state index is 10.8. The Morgan fingerprint density at radius 3 is 2.90 bits per heavy atom. The number of aliphatic carboxylic acids is 1. The minimum atomic E-state index is -1.05. The second kappa shape index (κ2) is 7.56. The van der Waals surface area contributed by atoms with Crippen LogP contribution in [0.3, 0.4) is 0 Å². The molecule has 0 atom stereocenters. The number of tetrazole rings is 1. The van der Waals surface area contributed by atoms with Gasteiger partial charge in [-0.1, -0.05) is 11.2 Å². The van der Waals surface area contributed by atoms with Gasteiger partial charge in [-0.05, 0) is 30.2 Å². The number of rotatable bonds is 5. The third-order valence-corrected chi connectivity index (χ3v) is 5.91. The Morgan fingerprint density at radius 2 is 2.13 bits per heavy atom. The molecule has 3 aromatic rings. The van der Waals surface area contributed by atoms with Crippen LogP contribution in [0, 0.1) is 0 Å². The van der Waals surface area contributed by atoms with E-state index in [1.54, 1.807) is 13.2 Å². The molecule has 0 aliphatic carbocycles. The number of nitrogens with zero attached hydrogens (tertiary/aromatic N) is 6. The van der Waals surface area contributed by atoms with Gasteiger partial charge in [-0.15, -0.1) is 10.2 Å². The summed E-state index contributed by atoms with van der Waals surface area (Å²) in [5.41, 5.74) is 0.964. The number of hydrogen-bond acceptors (Lipinski definition) is 9. The minimum absolute atomic E-state index is 0.177. The molecule has 0 bridgehead atoms. The predicted octanol–water partition coefficient (Wildman–Crippen LogP) is 1.79. The van der Waals surface area contributed by atoms with Crippen LogP contribution in [0.15, 0.2) is 28.8 Å². The fourth-order valence-electron chi connectivity index (χ4n) is 4.26. The molecule has 1 saturated heterocycles. The Morgan fingerprint density at radius 1 is 1.29 bits per heavy atom. The van der Waals surface area contributed by atoms with Crippen molar-refractivity contribution >= 4 is 11.8 Å². The number of ether oxygens (including phenoxy) is 2. The Bertz CT molecular complexity index is 1100. The van der Waals surface area contributed by atoms with Crippen LogP contribution in [-0.2, 0) is 17.8 Å². The molecule has 5 rings (SSSR count). The number of piperidine rings is 1. The van der Waals surface area contributed by atoms with Gasteiger partial charge < -0.3 is 24.0 Å². The first-order valence-corrected chi connectivity index (χ1v) is 10.1. The average Bonchev–Trinajstić information content (AvgIpc) is 3.43. The molecule has 0 amide bonds. The molecule has 2 aromatic heterocycles. The summed E-state index contributed by atoms with van der Waals surface area (Å²) in [7, 11) is 1.69. The topological polar surface area (TPSA) is 129 Å². The fourth-order valence-corrected chi connectivity index (χ4v) is 4.26. The van der Waals surface area contributed by atoms with Gasteiger partial charge in [0, 0.05) is 37.6 Å². The SMILES string of the molecule is COc1cccc2c1CCC1(CCN(c3cc(-c4nnn(CC(=O)O)n4)on3)CC1)O2. The number of benzene rings is 1. The lowest BCUT2D eigenvalue weighted by molar-refractivity contribution is -0.138. The molecule has 11 heteroatoms. The van der Waals surface area contributed by atoms with E-state index in [1.807, 2.05) is 18.2 Å². The molecule has 1 N–H and O–H groups in total. The van der Waals surface area contributed by atoms with E-state index in [2.05, 4.69) is 25.5 Å². The Balaban J connectivity index is 1.25. The van der Waals surface area contributed by atoms with E-state index in [-0.39, 0.29) is 18.0 Å². The maximum atomic E-state index is 10.8. The Hall–Kier alpha value is -3.63. The van der Waals surface area contributed by atoms with E-state index in [1.165, 1.54) is 0 Å². The number of methoxy groups -OCH3 is 1. The number of anilines is 1. The Labute approximate surface area is 177 Å². The highest BCUT2D eigenvalue weighted by Gasteiger charge is 2.40. The highest BCUT2D eigenvalue weighted by Crippen LogP contribution is 2.43. The first-order valence-electron chi connectivity index (χ1n) is 10.1. The van der Waals surface area contributed by atoms with E-state index >= 15 is 0 Å². The summed E-state index contributed by atoms with van der Waals surface area (Å²) < 4.78 is 17.3. The van der Waals surface area contributed by atoms with Crippen LogP contribution < -0.4 is 14.4 Å². The average molecular weight is 426 g/mol. The number of fused-ring (bicyclic) bond motifs is 1. The van der Waals surface area contributed by atoms with E-state index in [9.17, 15) is 4.79 Å². The second-order valence-corrected chi connectivity index (χ2v) is 7.80. The van der Waals surface area contributed by atoms with E-state index < -0.39 is 5.97 Å². The monoisotopic (exact) mass is 426 g/mol. The standard InChI is InChI=1S/C20H22N6O5/c1-29-14-3-2-4-15-13(14)5-6-20(30-15)7-9-25(10-8-20)17-11-16(31-23-17)19-21-24-26(22-19)12-18(27)28/h2-4,11H,5-10,12H2,1H3,(H,27,28). The smallest absolute Gasteiger partial charge is 0.327 e. The molecule has 0 unspecified atom stereocenters. The van der Waals surface area contributed by atoms with Gasteiger partial charge >= 0.3 is 5.97 Å². The number of aromatic nitrogens is 5. The summed E-state index contributed by atoms with van der Waals surface area (Å²) >= 11 is 0.